The molecule has 0 amide bonds. The van der Waals surface area contributed by atoms with Crippen molar-refractivity contribution in [2.75, 3.05) is 0 Å². The summed E-state index contributed by atoms with van der Waals surface area (Å²) in [5.41, 5.74) is 1.81. The van der Waals surface area contributed by atoms with Gasteiger partial charge in [-0.2, -0.15) is 0 Å². The van der Waals surface area contributed by atoms with E-state index in [0.717, 1.165) is 11.3 Å². The second-order valence-corrected chi connectivity index (χ2v) is 4.71. The number of nitrogens with one attached hydrogen (secondary N) is 1. The van der Waals surface area contributed by atoms with Gasteiger partial charge in [-0.15, -0.1) is 5.10 Å². The Morgan fingerprint density at radius 2 is 2.25 bits per heavy atom. The minimum absolute atomic E-state index is 0.241. The summed E-state index contributed by atoms with van der Waals surface area (Å²) in [5.74, 6) is -0.241. The molecule has 1 heterocycles. The summed E-state index contributed by atoms with van der Waals surface area (Å²) >= 11 is 4.44. The van der Waals surface area contributed by atoms with Crippen LogP contribution in [0.25, 0.3) is 0 Å². The van der Waals surface area contributed by atoms with Crippen LogP contribution in [0.2, 0.25) is 0 Å². The van der Waals surface area contributed by atoms with Crippen molar-refractivity contribution in [2.45, 2.75) is 13.1 Å². The molecule has 0 aliphatic heterocycles. The predicted molar refractivity (Wildman–Crippen MR) is 64.6 cm³/mol. The van der Waals surface area contributed by atoms with E-state index in [1.54, 1.807) is 6.07 Å². The third kappa shape index (κ3) is 3.07. The Morgan fingerprint density at radius 3 is 2.94 bits per heavy atom. The topological polar surface area (TPSA) is 37.8 Å². The smallest absolute Gasteiger partial charge is 0.137 e. The molecule has 0 unspecified atom stereocenters. The van der Waals surface area contributed by atoms with Crippen LogP contribution in [0.3, 0.4) is 0 Å². The maximum absolute atomic E-state index is 13.2. The average Bonchev–Trinajstić information content (AvgIpc) is 2.76. The number of rotatable bonds is 4. The van der Waals surface area contributed by atoms with E-state index in [0.29, 0.717) is 17.6 Å². The summed E-state index contributed by atoms with van der Waals surface area (Å²) in [6, 6.07) is 5.09. The monoisotopic (exact) mass is 301 g/mol. The molecule has 6 heteroatoms. The van der Waals surface area contributed by atoms with Gasteiger partial charge < -0.3 is 5.32 Å². The highest BCUT2D eigenvalue weighted by atomic mass is 79.9. The maximum Gasteiger partial charge on any atom is 0.137 e. The van der Waals surface area contributed by atoms with Gasteiger partial charge in [-0.1, -0.05) is 10.6 Å². The van der Waals surface area contributed by atoms with Crippen molar-refractivity contribution in [1.29, 1.82) is 0 Å². The molecule has 1 aromatic heterocycles. The maximum atomic E-state index is 13.2. The lowest BCUT2D eigenvalue weighted by atomic mass is 10.2. The first-order chi connectivity index (χ1) is 7.75. The van der Waals surface area contributed by atoms with Crippen LogP contribution in [0.4, 0.5) is 4.39 Å². The molecule has 3 nitrogen and oxygen atoms in total. The van der Waals surface area contributed by atoms with Gasteiger partial charge in [-0.25, -0.2) is 4.39 Å². The van der Waals surface area contributed by atoms with Gasteiger partial charge in [0.25, 0.3) is 0 Å². The summed E-state index contributed by atoms with van der Waals surface area (Å²) in [7, 11) is 0. The van der Waals surface area contributed by atoms with Gasteiger partial charge in [-0.3, -0.25) is 0 Å². The van der Waals surface area contributed by atoms with Crippen molar-refractivity contribution in [3.05, 3.63) is 45.1 Å². The molecule has 0 saturated heterocycles. The van der Waals surface area contributed by atoms with E-state index in [1.807, 2.05) is 11.4 Å². The fourth-order valence-corrected chi connectivity index (χ4v) is 1.94. The third-order valence-corrected chi connectivity index (χ3v) is 3.22. The van der Waals surface area contributed by atoms with Crippen LogP contribution in [0.15, 0.2) is 28.1 Å². The Kier molecular flexibility index (Phi) is 3.98. The van der Waals surface area contributed by atoms with Crippen LogP contribution in [-0.2, 0) is 13.1 Å². The van der Waals surface area contributed by atoms with Crippen LogP contribution in [0, 0.1) is 5.82 Å². The van der Waals surface area contributed by atoms with Crippen LogP contribution >= 0.6 is 27.5 Å². The summed E-state index contributed by atoms with van der Waals surface area (Å²) < 4.78 is 17.4. The molecule has 84 valence electrons. The molecule has 0 aliphatic rings. The SMILES string of the molecule is Fc1cc(CNCc2csnn2)ccc1Br. The highest BCUT2D eigenvalue weighted by Crippen LogP contribution is 2.16. The Morgan fingerprint density at radius 1 is 1.38 bits per heavy atom. The molecule has 1 N–H and O–H groups in total. The first kappa shape index (κ1) is 11.6. The number of aromatic nitrogens is 2. The van der Waals surface area contributed by atoms with E-state index in [2.05, 4.69) is 30.8 Å². The molecule has 2 rings (SSSR count). The van der Waals surface area contributed by atoms with Crippen molar-refractivity contribution in [3.63, 3.8) is 0 Å². The minimum Gasteiger partial charge on any atom is -0.307 e. The summed E-state index contributed by atoms with van der Waals surface area (Å²) in [4.78, 5) is 0. The molecular weight excluding hydrogens is 293 g/mol. The zero-order valence-corrected chi connectivity index (χ0v) is 10.7. The molecular formula is C10H9BrFN3S. The number of benzene rings is 1. The Bertz CT molecular complexity index is 461. The van der Waals surface area contributed by atoms with Crippen molar-refractivity contribution in [3.8, 4) is 0 Å². The van der Waals surface area contributed by atoms with E-state index in [1.165, 1.54) is 17.6 Å². The third-order valence-electron chi connectivity index (χ3n) is 2.02. The molecule has 0 radical (unpaired) electrons. The standard InChI is InChI=1S/C10H9BrFN3S/c11-9-2-1-7(3-10(9)12)4-13-5-8-6-16-15-14-8/h1-3,6,13H,4-5H2. The molecule has 0 saturated carbocycles. The Labute approximate surface area is 105 Å². The molecule has 2 aromatic rings. The van der Waals surface area contributed by atoms with Gasteiger partial charge in [0.05, 0.1) is 10.2 Å². The van der Waals surface area contributed by atoms with Crippen LogP contribution in [0.1, 0.15) is 11.3 Å². The quantitative estimate of drug-likeness (QED) is 0.943. The van der Waals surface area contributed by atoms with E-state index in [-0.39, 0.29) is 5.82 Å². The normalized spacial score (nSPS) is 10.6. The Hall–Kier alpha value is -0.850. The van der Waals surface area contributed by atoms with Crippen LogP contribution < -0.4 is 5.32 Å². The number of hydrogen-bond acceptors (Lipinski definition) is 4. The van der Waals surface area contributed by atoms with Gasteiger partial charge in [0, 0.05) is 18.5 Å². The second-order valence-electron chi connectivity index (χ2n) is 3.25. The van der Waals surface area contributed by atoms with Crippen molar-refractivity contribution < 1.29 is 4.39 Å². The molecule has 16 heavy (non-hydrogen) atoms. The fourth-order valence-electron chi connectivity index (χ4n) is 1.25. The van der Waals surface area contributed by atoms with Gasteiger partial charge >= 0.3 is 0 Å². The van der Waals surface area contributed by atoms with E-state index in [9.17, 15) is 4.39 Å². The number of hydrogen-bond donors (Lipinski definition) is 1. The molecule has 0 spiro atoms. The predicted octanol–water partition coefficient (Wildman–Crippen LogP) is 2.73. The van der Waals surface area contributed by atoms with Gasteiger partial charge in [0.1, 0.15) is 5.82 Å². The zero-order valence-electron chi connectivity index (χ0n) is 8.28. The molecule has 0 fully saturated rings. The van der Waals surface area contributed by atoms with E-state index < -0.39 is 0 Å². The summed E-state index contributed by atoms with van der Waals surface area (Å²) in [6.45, 7) is 1.26. The first-order valence-electron chi connectivity index (χ1n) is 4.66. The minimum atomic E-state index is -0.241. The van der Waals surface area contributed by atoms with Crippen LogP contribution in [0.5, 0.6) is 0 Å². The van der Waals surface area contributed by atoms with Crippen molar-refractivity contribution in [2.24, 2.45) is 0 Å². The van der Waals surface area contributed by atoms with Gasteiger partial charge in [-0.05, 0) is 45.2 Å². The highest BCUT2D eigenvalue weighted by molar-refractivity contribution is 9.10. The number of nitrogens with zero attached hydrogens (tertiary/aromatic N) is 2. The molecule has 0 atom stereocenters. The van der Waals surface area contributed by atoms with Gasteiger partial charge in [0.15, 0.2) is 0 Å². The number of halogens is 2. The highest BCUT2D eigenvalue weighted by Gasteiger charge is 2.01. The molecule has 1 aromatic carbocycles. The molecule has 0 aliphatic carbocycles. The molecule has 0 bridgehead atoms. The van der Waals surface area contributed by atoms with E-state index in [4.69, 9.17) is 0 Å². The first-order valence-corrected chi connectivity index (χ1v) is 6.29. The lowest BCUT2D eigenvalue weighted by Crippen LogP contribution is -2.13. The van der Waals surface area contributed by atoms with Gasteiger partial charge in [0.2, 0.25) is 0 Å². The average molecular weight is 302 g/mol. The van der Waals surface area contributed by atoms with Crippen molar-refractivity contribution >= 4 is 27.5 Å². The lowest BCUT2D eigenvalue weighted by molar-refractivity contribution is 0.613. The fraction of sp³-hybridized carbons (Fsp3) is 0.200. The summed E-state index contributed by atoms with van der Waals surface area (Å²) in [5, 5.41) is 8.96. The van der Waals surface area contributed by atoms with Crippen LogP contribution in [-0.4, -0.2) is 9.59 Å². The van der Waals surface area contributed by atoms with E-state index >= 15 is 0 Å². The zero-order chi connectivity index (χ0) is 11.4. The lowest BCUT2D eigenvalue weighted by Gasteiger charge is -2.03. The second kappa shape index (κ2) is 5.47. The summed E-state index contributed by atoms with van der Waals surface area (Å²) in [6.07, 6.45) is 0. The van der Waals surface area contributed by atoms with Crippen molar-refractivity contribution in [1.82, 2.24) is 14.9 Å². The Balaban J connectivity index is 1.87. The largest absolute Gasteiger partial charge is 0.307 e.